The number of carbonyl (C=O) groups is 2. The number of carbonyl (C=O) groups excluding carboxylic acids is 2. The number of ether oxygens (including phenoxy) is 1. The average molecular weight is 380 g/mol. The van der Waals surface area contributed by atoms with Crippen molar-refractivity contribution in [1.29, 1.82) is 0 Å². The number of hydrogen-bond acceptors (Lipinski definition) is 3. The number of nitrogens with zero attached hydrogens (tertiary/aromatic N) is 1. The van der Waals surface area contributed by atoms with Crippen LogP contribution in [0, 0.1) is 0 Å². The molecule has 0 spiro atoms. The van der Waals surface area contributed by atoms with Crippen molar-refractivity contribution in [3.05, 3.63) is 71.3 Å². The van der Waals surface area contributed by atoms with Gasteiger partial charge < -0.3 is 15.0 Å². The molecule has 1 aliphatic heterocycles. The summed E-state index contributed by atoms with van der Waals surface area (Å²) in [5, 5.41) is 3.12. The van der Waals surface area contributed by atoms with E-state index < -0.39 is 0 Å². The molecule has 0 radical (unpaired) electrons. The maximum absolute atomic E-state index is 12.7. The number of likely N-dealkylation sites (tertiary alicyclic amines) is 1. The van der Waals surface area contributed by atoms with Crippen LogP contribution in [-0.2, 0) is 22.6 Å². The first-order valence-corrected chi connectivity index (χ1v) is 9.86. The van der Waals surface area contributed by atoms with Gasteiger partial charge in [0.25, 0.3) is 5.91 Å². The predicted octanol–water partition coefficient (Wildman–Crippen LogP) is 3.19. The highest BCUT2D eigenvalue weighted by Gasteiger charge is 2.24. The first-order valence-electron chi connectivity index (χ1n) is 9.86. The van der Waals surface area contributed by atoms with E-state index in [1.165, 1.54) is 5.56 Å². The highest BCUT2D eigenvalue weighted by molar-refractivity contribution is 5.94. The van der Waals surface area contributed by atoms with Gasteiger partial charge in [0.15, 0.2) is 0 Å². The van der Waals surface area contributed by atoms with Gasteiger partial charge in [0.05, 0.1) is 6.61 Å². The summed E-state index contributed by atoms with van der Waals surface area (Å²) in [6.45, 7) is 1.83. The lowest BCUT2D eigenvalue weighted by molar-refractivity contribution is -0.122. The van der Waals surface area contributed by atoms with Crippen molar-refractivity contribution in [2.24, 2.45) is 0 Å². The van der Waals surface area contributed by atoms with Crippen LogP contribution in [0.25, 0.3) is 0 Å². The molecule has 1 fully saturated rings. The van der Waals surface area contributed by atoms with Crippen molar-refractivity contribution in [1.82, 2.24) is 10.2 Å². The number of benzene rings is 2. The molecule has 3 rings (SSSR count). The molecule has 0 aromatic heterocycles. The third-order valence-electron chi connectivity index (χ3n) is 5.12. The predicted molar refractivity (Wildman–Crippen MR) is 109 cm³/mol. The second-order valence-corrected chi connectivity index (χ2v) is 7.25. The van der Waals surface area contributed by atoms with Crippen molar-refractivity contribution in [3.63, 3.8) is 0 Å². The highest BCUT2D eigenvalue weighted by atomic mass is 16.5. The van der Waals surface area contributed by atoms with Crippen LogP contribution in [0.2, 0.25) is 0 Å². The Bertz CT molecular complexity index is 783. The quantitative estimate of drug-likeness (QED) is 0.803. The van der Waals surface area contributed by atoms with Crippen LogP contribution in [0.15, 0.2) is 54.6 Å². The van der Waals surface area contributed by atoms with Gasteiger partial charge in [-0.05, 0) is 42.5 Å². The summed E-state index contributed by atoms with van der Waals surface area (Å²) < 4.78 is 5.14. The zero-order valence-corrected chi connectivity index (χ0v) is 16.4. The molecule has 1 N–H and O–H groups in total. The van der Waals surface area contributed by atoms with Gasteiger partial charge in [0.1, 0.15) is 0 Å². The summed E-state index contributed by atoms with van der Waals surface area (Å²) in [7, 11) is 1.65. The van der Waals surface area contributed by atoms with Crippen LogP contribution in [-0.4, -0.2) is 43.0 Å². The van der Waals surface area contributed by atoms with Gasteiger partial charge in [-0.25, -0.2) is 0 Å². The fourth-order valence-electron chi connectivity index (χ4n) is 3.57. The molecular weight excluding hydrogens is 352 g/mol. The van der Waals surface area contributed by atoms with E-state index in [0.29, 0.717) is 31.7 Å². The maximum atomic E-state index is 12.7. The Hall–Kier alpha value is -2.66. The van der Waals surface area contributed by atoms with E-state index in [1.54, 1.807) is 7.11 Å². The lowest BCUT2D eigenvalue weighted by Gasteiger charge is -2.32. The molecule has 5 heteroatoms. The minimum atomic E-state index is 0.0480. The normalized spacial score (nSPS) is 14.7. The van der Waals surface area contributed by atoms with Crippen LogP contribution in [0.4, 0.5) is 0 Å². The van der Waals surface area contributed by atoms with Crippen molar-refractivity contribution in [3.8, 4) is 0 Å². The molecule has 2 amide bonds. The summed E-state index contributed by atoms with van der Waals surface area (Å²) >= 11 is 0. The Labute approximate surface area is 166 Å². The van der Waals surface area contributed by atoms with E-state index in [0.717, 1.165) is 24.8 Å². The van der Waals surface area contributed by atoms with Crippen LogP contribution in [0.1, 0.15) is 40.7 Å². The van der Waals surface area contributed by atoms with E-state index in [9.17, 15) is 9.59 Å². The minimum absolute atomic E-state index is 0.0480. The number of aryl methyl sites for hydroxylation is 1. The van der Waals surface area contributed by atoms with Gasteiger partial charge in [-0.1, -0.05) is 42.5 Å². The summed E-state index contributed by atoms with van der Waals surface area (Å²) in [6.07, 6.45) is 2.83. The van der Waals surface area contributed by atoms with Gasteiger partial charge >= 0.3 is 0 Å². The molecule has 148 valence electrons. The Morgan fingerprint density at radius 2 is 1.75 bits per heavy atom. The maximum Gasteiger partial charge on any atom is 0.253 e. The number of methoxy groups -OCH3 is 1. The van der Waals surface area contributed by atoms with Crippen LogP contribution in [0.3, 0.4) is 0 Å². The molecule has 1 heterocycles. The van der Waals surface area contributed by atoms with E-state index >= 15 is 0 Å². The third kappa shape index (κ3) is 5.67. The fraction of sp³-hybridized carbons (Fsp3) is 0.391. The van der Waals surface area contributed by atoms with Crippen molar-refractivity contribution < 1.29 is 14.3 Å². The Balaban J connectivity index is 1.44. The van der Waals surface area contributed by atoms with E-state index in [-0.39, 0.29) is 17.9 Å². The summed E-state index contributed by atoms with van der Waals surface area (Å²) in [5.41, 5.74) is 2.86. The number of nitrogens with one attached hydrogen (secondary N) is 1. The lowest BCUT2D eigenvalue weighted by Crippen LogP contribution is -2.46. The molecule has 0 bridgehead atoms. The molecule has 0 unspecified atom stereocenters. The van der Waals surface area contributed by atoms with Crippen LogP contribution in [0.5, 0.6) is 0 Å². The monoisotopic (exact) mass is 380 g/mol. The molecular formula is C23H28N2O3. The van der Waals surface area contributed by atoms with Crippen LogP contribution >= 0.6 is 0 Å². The molecule has 28 heavy (non-hydrogen) atoms. The van der Waals surface area contributed by atoms with E-state index in [1.807, 2.05) is 59.5 Å². The van der Waals surface area contributed by atoms with Crippen LogP contribution < -0.4 is 5.32 Å². The zero-order valence-electron chi connectivity index (χ0n) is 16.4. The molecule has 5 nitrogen and oxygen atoms in total. The van der Waals surface area contributed by atoms with Gasteiger partial charge in [-0.3, -0.25) is 9.59 Å². The molecule has 1 saturated heterocycles. The summed E-state index contributed by atoms with van der Waals surface area (Å²) in [4.78, 5) is 26.8. The molecule has 0 aliphatic carbocycles. The van der Waals surface area contributed by atoms with E-state index in [4.69, 9.17) is 4.74 Å². The molecule has 2 aromatic carbocycles. The SMILES string of the molecule is COCc1cccc(C(=O)N2CCC(NC(=O)CCc3ccccc3)CC2)c1. The largest absolute Gasteiger partial charge is 0.380 e. The Kier molecular flexibility index (Phi) is 7.20. The Morgan fingerprint density at radius 3 is 2.46 bits per heavy atom. The second-order valence-electron chi connectivity index (χ2n) is 7.25. The first-order chi connectivity index (χ1) is 13.7. The molecule has 0 saturated carbocycles. The zero-order chi connectivity index (χ0) is 19.8. The summed E-state index contributed by atoms with van der Waals surface area (Å²) in [6, 6.07) is 17.8. The summed E-state index contributed by atoms with van der Waals surface area (Å²) in [5.74, 6) is 0.132. The van der Waals surface area contributed by atoms with Gasteiger partial charge in [-0.2, -0.15) is 0 Å². The van der Waals surface area contributed by atoms with Gasteiger partial charge in [0.2, 0.25) is 5.91 Å². The second kappa shape index (κ2) is 10.0. The smallest absolute Gasteiger partial charge is 0.253 e. The number of hydrogen-bond donors (Lipinski definition) is 1. The van der Waals surface area contributed by atoms with Crippen molar-refractivity contribution >= 4 is 11.8 Å². The van der Waals surface area contributed by atoms with Crippen molar-refractivity contribution in [2.75, 3.05) is 20.2 Å². The topological polar surface area (TPSA) is 58.6 Å². The standard InChI is InChI=1S/C23H28N2O3/c1-28-17-19-8-5-9-20(16-19)23(27)25-14-12-21(13-15-25)24-22(26)11-10-18-6-3-2-4-7-18/h2-9,16,21H,10-15,17H2,1H3,(H,24,26). The number of amides is 2. The highest BCUT2D eigenvalue weighted by Crippen LogP contribution is 2.16. The lowest BCUT2D eigenvalue weighted by atomic mass is 10.0. The minimum Gasteiger partial charge on any atom is -0.380 e. The number of rotatable bonds is 7. The average Bonchev–Trinajstić information content (AvgIpc) is 2.73. The van der Waals surface area contributed by atoms with Gasteiger partial charge in [0, 0.05) is 38.2 Å². The number of piperidine rings is 1. The Morgan fingerprint density at radius 1 is 1.04 bits per heavy atom. The third-order valence-corrected chi connectivity index (χ3v) is 5.12. The fourth-order valence-corrected chi connectivity index (χ4v) is 3.57. The van der Waals surface area contributed by atoms with E-state index in [2.05, 4.69) is 5.32 Å². The molecule has 2 aromatic rings. The molecule has 0 atom stereocenters. The first kappa shape index (κ1) is 20.1. The van der Waals surface area contributed by atoms with Gasteiger partial charge in [-0.15, -0.1) is 0 Å². The molecule has 1 aliphatic rings. The van der Waals surface area contributed by atoms with Crippen molar-refractivity contribution in [2.45, 2.75) is 38.3 Å².